The van der Waals surface area contributed by atoms with Crippen molar-refractivity contribution in [3.63, 3.8) is 0 Å². The van der Waals surface area contributed by atoms with E-state index >= 15 is 0 Å². The maximum atomic E-state index is 5.83. The average molecular weight is 206 g/mol. The molecule has 0 saturated carbocycles. The molecular weight excluding hydrogens is 183 g/mol. The molecule has 0 unspecified atom stereocenters. The summed E-state index contributed by atoms with van der Waals surface area (Å²) in [5.41, 5.74) is 1.47. The van der Waals surface area contributed by atoms with Crippen LogP contribution in [0.4, 0.5) is 0 Å². The summed E-state index contributed by atoms with van der Waals surface area (Å²) in [5.74, 6) is 0. The summed E-state index contributed by atoms with van der Waals surface area (Å²) in [7, 11) is 0. The van der Waals surface area contributed by atoms with Crippen LogP contribution in [0.5, 0.6) is 0 Å². The van der Waals surface area contributed by atoms with E-state index < -0.39 is 6.04 Å². The molecule has 0 aromatic rings. The molecule has 0 nitrogen and oxygen atoms in total. The summed E-state index contributed by atoms with van der Waals surface area (Å²) in [5, 5.41) is 0. The minimum atomic E-state index is -1.05. The third kappa shape index (κ3) is 3.18. The van der Waals surface area contributed by atoms with Crippen LogP contribution in [0.15, 0.2) is 0 Å². The third-order valence-electron chi connectivity index (χ3n) is 2.61. The van der Waals surface area contributed by atoms with Gasteiger partial charge in [0.05, 0.1) is 0 Å². The lowest BCUT2D eigenvalue weighted by molar-refractivity contribution is 0.871. The van der Waals surface area contributed by atoms with Gasteiger partial charge in [0.15, 0.2) is 0 Å². The van der Waals surface area contributed by atoms with E-state index in [1.54, 1.807) is 0 Å². The number of hydrogen-bond donors (Lipinski definition) is 0. The van der Waals surface area contributed by atoms with Crippen LogP contribution in [0.1, 0.15) is 47.5 Å². The van der Waals surface area contributed by atoms with Crippen LogP contribution in [-0.4, -0.2) is 17.5 Å². The Hall–Kier alpha value is 0.650. The van der Waals surface area contributed by atoms with E-state index in [9.17, 15) is 0 Å². The minimum Gasteiger partial charge on any atom is -0.0970 e. The SMILES string of the molecule is CCCCP(=S)(C(C)C)C(C)C. The summed E-state index contributed by atoms with van der Waals surface area (Å²) < 4.78 is 0. The Morgan fingerprint density at radius 1 is 1.08 bits per heavy atom. The molecule has 0 aliphatic carbocycles. The smallest absolute Gasteiger partial charge is 0.0173 e. The lowest BCUT2D eigenvalue weighted by Gasteiger charge is -2.30. The molecule has 0 bridgehead atoms. The first-order valence-corrected chi connectivity index (χ1v) is 8.16. The van der Waals surface area contributed by atoms with Crippen LogP contribution in [0.25, 0.3) is 0 Å². The second kappa shape index (κ2) is 5.40. The fraction of sp³-hybridized carbons (Fsp3) is 1.00. The van der Waals surface area contributed by atoms with E-state index in [-0.39, 0.29) is 0 Å². The average Bonchev–Trinajstić information content (AvgIpc) is 1.99. The quantitative estimate of drug-likeness (QED) is 0.611. The van der Waals surface area contributed by atoms with Gasteiger partial charge in [0.1, 0.15) is 0 Å². The molecule has 0 aliphatic rings. The van der Waals surface area contributed by atoms with Gasteiger partial charge in [-0.2, -0.15) is 0 Å². The maximum Gasteiger partial charge on any atom is -0.0173 e. The Bertz CT molecular complexity index is 149. The summed E-state index contributed by atoms with van der Waals surface area (Å²) in [6.07, 6.45) is 3.93. The molecule has 0 radical (unpaired) electrons. The molecule has 0 spiro atoms. The highest BCUT2D eigenvalue weighted by molar-refractivity contribution is 8.15. The van der Waals surface area contributed by atoms with Gasteiger partial charge in [0.2, 0.25) is 0 Å². The monoisotopic (exact) mass is 206 g/mol. The summed E-state index contributed by atoms with van der Waals surface area (Å²) in [6, 6.07) is -1.05. The summed E-state index contributed by atoms with van der Waals surface area (Å²) in [6.45, 7) is 11.5. The fourth-order valence-corrected chi connectivity index (χ4v) is 4.94. The van der Waals surface area contributed by atoms with E-state index in [0.717, 1.165) is 11.3 Å². The number of hydrogen-bond acceptors (Lipinski definition) is 1. The van der Waals surface area contributed by atoms with Crippen molar-refractivity contribution in [2.24, 2.45) is 0 Å². The standard InChI is InChI=1S/C10H23PS/c1-6-7-8-11(12,9(2)3)10(4)5/h9-10H,6-8H2,1-5H3. The molecule has 0 amide bonds. The van der Waals surface area contributed by atoms with Crippen LogP contribution < -0.4 is 0 Å². The van der Waals surface area contributed by atoms with E-state index in [1.165, 1.54) is 19.0 Å². The van der Waals surface area contributed by atoms with Gasteiger partial charge in [0, 0.05) is 0 Å². The minimum absolute atomic E-state index is 0.735. The van der Waals surface area contributed by atoms with Crippen molar-refractivity contribution in [3.05, 3.63) is 0 Å². The lowest BCUT2D eigenvalue weighted by atomic mass is 10.4. The Labute approximate surface area is 83.1 Å². The Balaban J connectivity index is 4.31. The van der Waals surface area contributed by atoms with E-state index in [0.29, 0.717) is 0 Å². The van der Waals surface area contributed by atoms with Crippen LogP contribution >= 0.6 is 6.04 Å². The van der Waals surface area contributed by atoms with E-state index in [2.05, 4.69) is 34.6 Å². The van der Waals surface area contributed by atoms with Crippen LogP contribution in [0, 0.1) is 0 Å². The summed E-state index contributed by atoms with van der Waals surface area (Å²) >= 11 is 5.83. The van der Waals surface area contributed by atoms with Crippen molar-refractivity contribution in [3.8, 4) is 0 Å². The molecule has 0 aromatic carbocycles. The molecule has 0 fully saturated rings. The molecule has 74 valence electrons. The zero-order valence-electron chi connectivity index (χ0n) is 9.13. The second-order valence-electron chi connectivity index (χ2n) is 4.12. The molecule has 0 rings (SSSR count). The van der Waals surface area contributed by atoms with Gasteiger partial charge in [-0.3, -0.25) is 0 Å². The maximum absolute atomic E-state index is 5.83. The Morgan fingerprint density at radius 3 is 1.75 bits per heavy atom. The van der Waals surface area contributed by atoms with Gasteiger partial charge in [0.25, 0.3) is 0 Å². The molecule has 12 heavy (non-hydrogen) atoms. The largest absolute Gasteiger partial charge is 0.0970 e. The van der Waals surface area contributed by atoms with Crippen molar-refractivity contribution in [2.45, 2.75) is 58.8 Å². The predicted octanol–water partition coefficient (Wildman–Crippen LogP) is 4.08. The summed E-state index contributed by atoms with van der Waals surface area (Å²) in [4.78, 5) is 0. The topological polar surface area (TPSA) is 0 Å². The predicted molar refractivity (Wildman–Crippen MR) is 64.3 cm³/mol. The zero-order valence-corrected chi connectivity index (χ0v) is 10.8. The highest BCUT2D eigenvalue weighted by atomic mass is 32.4. The van der Waals surface area contributed by atoms with E-state index in [4.69, 9.17) is 11.8 Å². The third-order valence-corrected chi connectivity index (χ3v) is 10.2. The normalized spacial score (nSPS) is 12.9. The molecule has 0 N–H and O–H groups in total. The van der Waals surface area contributed by atoms with Gasteiger partial charge in [-0.05, 0) is 29.9 Å². The van der Waals surface area contributed by atoms with Crippen molar-refractivity contribution < 1.29 is 0 Å². The van der Waals surface area contributed by atoms with Crippen molar-refractivity contribution in [1.82, 2.24) is 0 Å². The first kappa shape index (κ1) is 12.7. The van der Waals surface area contributed by atoms with E-state index in [1.807, 2.05) is 0 Å². The van der Waals surface area contributed by atoms with Gasteiger partial charge >= 0.3 is 0 Å². The first-order valence-electron chi connectivity index (χ1n) is 5.03. The highest BCUT2D eigenvalue weighted by Crippen LogP contribution is 2.55. The van der Waals surface area contributed by atoms with Crippen molar-refractivity contribution >= 4 is 17.8 Å². The zero-order chi connectivity index (χ0) is 9.78. The van der Waals surface area contributed by atoms with Gasteiger partial charge in [-0.1, -0.05) is 52.8 Å². The second-order valence-corrected chi connectivity index (χ2v) is 10.4. The fourth-order valence-electron chi connectivity index (χ4n) is 1.52. The van der Waals surface area contributed by atoms with Gasteiger partial charge < -0.3 is 0 Å². The number of rotatable bonds is 5. The van der Waals surface area contributed by atoms with Crippen molar-refractivity contribution in [2.75, 3.05) is 6.16 Å². The number of unbranched alkanes of at least 4 members (excludes halogenated alkanes) is 1. The van der Waals surface area contributed by atoms with Gasteiger partial charge in [-0.25, -0.2) is 0 Å². The molecule has 0 aliphatic heterocycles. The first-order chi connectivity index (χ1) is 5.45. The molecule has 0 heterocycles. The van der Waals surface area contributed by atoms with Gasteiger partial charge in [-0.15, -0.1) is 0 Å². The molecule has 0 saturated heterocycles. The molecule has 0 atom stereocenters. The highest BCUT2D eigenvalue weighted by Gasteiger charge is 2.24. The molecule has 2 heteroatoms. The molecule has 0 aromatic heterocycles. The van der Waals surface area contributed by atoms with Crippen LogP contribution in [0.3, 0.4) is 0 Å². The Morgan fingerprint density at radius 2 is 1.50 bits per heavy atom. The van der Waals surface area contributed by atoms with Crippen LogP contribution in [-0.2, 0) is 11.8 Å². The lowest BCUT2D eigenvalue weighted by Crippen LogP contribution is -2.11. The van der Waals surface area contributed by atoms with Crippen LogP contribution in [0.2, 0.25) is 0 Å². The molecular formula is C10H23PS. The van der Waals surface area contributed by atoms with Crippen molar-refractivity contribution in [1.29, 1.82) is 0 Å². The Kier molecular flexibility index (Phi) is 5.69.